The summed E-state index contributed by atoms with van der Waals surface area (Å²) in [4.78, 5) is 2.16. The van der Waals surface area contributed by atoms with Crippen molar-refractivity contribution in [2.24, 2.45) is 0 Å². The molecule has 0 spiro atoms. The molecule has 2 aromatic carbocycles. The standard InChI is InChI=1S/C16H18INO2/c1-20-16-8-2-13(3-9-16)12-18(10-11-19)15-6-4-14(17)5-7-15/h2-9,19H,10-12H2,1H3. The van der Waals surface area contributed by atoms with Crippen molar-refractivity contribution in [3.05, 3.63) is 57.7 Å². The van der Waals surface area contributed by atoms with Gasteiger partial charge >= 0.3 is 0 Å². The molecule has 0 heterocycles. The smallest absolute Gasteiger partial charge is 0.118 e. The summed E-state index contributed by atoms with van der Waals surface area (Å²) in [5.74, 6) is 0.858. The molecule has 106 valence electrons. The van der Waals surface area contributed by atoms with Crippen LogP contribution in [0.3, 0.4) is 0 Å². The average Bonchev–Trinajstić information content (AvgIpc) is 2.48. The molecule has 2 rings (SSSR count). The molecule has 0 atom stereocenters. The van der Waals surface area contributed by atoms with Crippen molar-refractivity contribution >= 4 is 28.3 Å². The maximum Gasteiger partial charge on any atom is 0.118 e. The number of hydrogen-bond donors (Lipinski definition) is 1. The summed E-state index contributed by atoms with van der Waals surface area (Å²) in [7, 11) is 1.67. The van der Waals surface area contributed by atoms with E-state index in [9.17, 15) is 5.11 Å². The van der Waals surface area contributed by atoms with Crippen molar-refractivity contribution in [1.29, 1.82) is 0 Å². The molecule has 0 aliphatic rings. The molecule has 1 N–H and O–H groups in total. The number of rotatable bonds is 6. The molecule has 0 unspecified atom stereocenters. The van der Waals surface area contributed by atoms with Gasteiger partial charge in [-0.25, -0.2) is 0 Å². The summed E-state index contributed by atoms with van der Waals surface area (Å²) in [6.07, 6.45) is 0. The molecule has 0 amide bonds. The van der Waals surface area contributed by atoms with E-state index in [1.54, 1.807) is 7.11 Å². The molecule has 0 fully saturated rings. The normalized spacial score (nSPS) is 10.3. The molecule has 0 saturated carbocycles. The Labute approximate surface area is 133 Å². The Bertz CT molecular complexity index is 525. The summed E-state index contributed by atoms with van der Waals surface area (Å²) in [5, 5.41) is 9.25. The van der Waals surface area contributed by atoms with E-state index < -0.39 is 0 Å². The van der Waals surface area contributed by atoms with Gasteiger partial charge in [0, 0.05) is 22.3 Å². The number of anilines is 1. The lowest BCUT2D eigenvalue weighted by Gasteiger charge is -2.24. The van der Waals surface area contributed by atoms with Crippen LogP contribution in [0.4, 0.5) is 5.69 Å². The highest BCUT2D eigenvalue weighted by Crippen LogP contribution is 2.20. The molecule has 4 heteroatoms. The lowest BCUT2D eigenvalue weighted by molar-refractivity contribution is 0.301. The van der Waals surface area contributed by atoms with Gasteiger partial charge in [-0.3, -0.25) is 0 Å². The minimum Gasteiger partial charge on any atom is -0.497 e. The van der Waals surface area contributed by atoms with Crippen molar-refractivity contribution in [2.75, 3.05) is 25.2 Å². The monoisotopic (exact) mass is 383 g/mol. The largest absolute Gasteiger partial charge is 0.497 e. The van der Waals surface area contributed by atoms with Crippen molar-refractivity contribution in [3.8, 4) is 5.75 Å². The van der Waals surface area contributed by atoms with Crippen molar-refractivity contribution in [1.82, 2.24) is 0 Å². The molecule has 0 aromatic heterocycles. The fraction of sp³-hybridized carbons (Fsp3) is 0.250. The van der Waals surface area contributed by atoms with Crippen LogP contribution in [0.2, 0.25) is 0 Å². The van der Waals surface area contributed by atoms with Crippen LogP contribution in [0.5, 0.6) is 5.75 Å². The molecule has 3 nitrogen and oxygen atoms in total. The van der Waals surface area contributed by atoms with E-state index in [1.165, 1.54) is 9.13 Å². The molecule has 0 bridgehead atoms. The van der Waals surface area contributed by atoms with Gasteiger partial charge in [0.25, 0.3) is 0 Å². The Morgan fingerprint density at radius 3 is 2.25 bits per heavy atom. The molecule has 0 aliphatic carbocycles. The van der Waals surface area contributed by atoms with E-state index in [0.29, 0.717) is 6.54 Å². The Morgan fingerprint density at radius 2 is 1.70 bits per heavy atom. The van der Waals surface area contributed by atoms with E-state index in [1.807, 2.05) is 12.1 Å². The molecule has 20 heavy (non-hydrogen) atoms. The predicted molar refractivity (Wildman–Crippen MR) is 90.3 cm³/mol. The van der Waals surface area contributed by atoms with Gasteiger partial charge in [-0.1, -0.05) is 12.1 Å². The van der Waals surface area contributed by atoms with Crippen LogP contribution < -0.4 is 9.64 Å². The first-order valence-electron chi connectivity index (χ1n) is 6.47. The maximum atomic E-state index is 9.25. The maximum absolute atomic E-state index is 9.25. The third-order valence-corrected chi connectivity index (χ3v) is 3.81. The van der Waals surface area contributed by atoms with Crippen molar-refractivity contribution in [3.63, 3.8) is 0 Å². The number of hydrogen-bond acceptors (Lipinski definition) is 3. The number of nitrogens with zero attached hydrogens (tertiary/aromatic N) is 1. The van der Waals surface area contributed by atoms with Crippen molar-refractivity contribution in [2.45, 2.75) is 6.54 Å². The Kier molecular flexibility index (Phi) is 5.67. The first-order chi connectivity index (χ1) is 9.72. The quantitative estimate of drug-likeness (QED) is 0.778. The average molecular weight is 383 g/mol. The molecular formula is C16H18INO2. The van der Waals surface area contributed by atoms with E-state index in [2.05, 4.69) is 63.9 Å². The number of methoxy groups -OCH3 is 1. The number of halogens is 1. The first kappa shape index (κ1) is 15.1. The van der Waals surface area contributed by atoms with Crippen LogP contribution in [-0.2, 0) is 6.54 Å². The third-order valence-electron chi connectivity index (χ3n) is 3.09. The highest BCUT2D eigenvalue weighted by atomic mass is 127. The van der Waals surface area contributed by atoms with Gasteiger partial charge in [0.1, 0.15) is 5.75 Å². The van der Waals surface area contributed by atoms with Gasteiger partial charge in [-0.2, -0.15) is 0 Å². The zero-order valence-electron chi connectivity index (χ0n) is 11.4. The Balaban J connectivity index is 2.13. The van der Waals surface area contributed by atoms with Crippen LogP contribution in [-0.4, -0.2) is 25.4 Å². The predicted octanol–water partition coefficient (Wildman–Crippen LogP) is 3.30. The van der Waals surface area contributed by atoms with Crippen molar-refractivity contribution < 1.29 is 9.84 Å². The number of benzene rings is 2. The summed E-state index contributed by atoms with van der Waals surface area (Å²) in [5.41, 5.74) is 2.31. The van der Waals surface area contributed by atoms with Crippen LogP contribution in [0, 0.1) is 3.57 Å². The van der Waals surface area contributed by atoms with Crippen LogP contribution in [0.15, 0.2) is 48.5 Å². The van der Waals surface area contributed by atoms with Gasteiger partial charge in [0.15, 0.2) is 0 Å². The number of aliphatic hydroxyl groups excluding tert-OH is 1. The third kappa shape index (κ3) is 4.11. The SMILES string of the molecule is COc1ccc(CN(CCO)c2ccc(I)cc2)cc1. The van der Waals surface area contributed by atoms with E-state index in [-0.39, 0.29) is 6.61 Å². The van der Waals surface area contributed by atoms with Gasteiger partial charge in [-0.05, 0) is 64.6 Å². The fourth-order valence-electron chi connectivity index (χ4n) is 2.02. The minimum atomic E-state index is 0.141. The molecule has 0 saturated heterocycles. The molecule has 0 radical (unpaired) electrons. The highest BCUT2D eigenvalue weighted by Gasteiger charge is 2.07. The summed E-state index contributed by atoms with van der Waals surface area (Å²) < 4.78 is 6.37. The first-order valence-corrected chi connectivity index (χ1v) is 7.55. The van der Waals surface area contributed by atoms with Gasteiger partial charge in [0.05, 0.1) is 13.7 Å². The Hall–Kier alpha value is -1.27. The van der Waals surface area contributed by atoms with Gasteiger partial charge in [-0.15, -0.1) is 0 Å². The zero-order chi connectivity index (χ0) is 14.4. The highest BCUT2D eigenvalue weighted by molar-refractivity contribution is 14.1. The van der Waals surface area contributed by atoms with Crippen LogP contribution in [0.1, 0.15) is 5.56 Å². The van der Waals surface area contributed by atoms with E-state index >= 15 is 0 Å². The second-order valence-electron chi connectivity index (χ2n) is 4.47. The summed E-state index contributed by atoms with van der Waals surface area (Å²) in [6.45, 7) is 1.53. The number of aliphatic hydroxyl groups is 1. The number of ether oxygens (including phenoxy) is 1. The van der Waals surface area contributed by atoms with Gasteiger partial charge in [0.2, 0.25) is 0 Å². The minimum absolute atomic E-state index is 0.141. The molecular weight excluding hydrogens is 365 g/mol. The Morgan fingerprint density at radius 1 is 1.05 bits per heavy atom. The molecule has 2 aromatic rings. The summed E-state index contributed by atoms with van der Waals surface area (Å²) >= 11 is 2.29. The second-order valence-corrected chi connectivity index (χ2v) is 5.72. The fourth-order valence-corrected chi connectivity index (χ4v) is 2.38. The van der Waals surface area contributed by atoms with Crippen LogP contribution in [0.25, 0.3) is 0 Å². The van der Waals surface area contributed by atoms with E-state index in [4.69, 9.17) is 4.74 Å². The van der Waals surface area contributed by atoms with Crippen LogP contribution >= 0.6 is 22.6 Å². The second kappa shape index (κ2) is 7.50. The van der Waals surface area contributed by atoms with Gasteiger partial charge < -0.3 is 14.7 Å². The lowest BCUT2D eigenvalue weighted by atomic mass is 10.2. The zero-order valence-corrected chi connectivity index (χ0v) is 13.6. The van der Waals surface area contributed by atoms with E-state index in [0.717, 1.165) is 18.0 Å². The molecule has 0 aliphatic heterocycles. The topological polar surface area (TPSA) is 32.7 Å². The lowest BCUT2D eigenvalue weighted by Crippen LogP contribution is -2.26. The summed E-state index contributed by atoms with van der Waals surface area (Å²) in [6, 6.07) is 16.3.